The second kappa shape index (κ2) is 9.01. The average molecular weight is 435 g/mol. The van der Waals surface area contributed by atoms with Crippen molar-refractivity contribution >= 4 is 11.5 Å². The van der Waals surface area contributed by atoms with Crippen LogP contribution in [0.3, 0.4) is 0 Å². The van der Waals surface area contributed by atoms with Gasteiger partial charge in [-0.3, -0.25) is 9.79 Å². The van der Waals surface area contributed by atoms with E-state index in [1.54, 1.807) is 6.07 Å². The van der Waals surface area contributed by atoms with Gasteiger partial charge in [0, 0.05) is 12.0 Å². The molecular formula is C27H38N4O. The molecule has 2 N–H and O–H groups in total. The van der Waals surface area contributed by atoms with Crippen LogP contribution in [0.2, 0.25) is 0 Å². The van der Waals surface area contributed by atoms with Crippen LogP contribution in [0.4, 0.5) is 0 Å². The molecule has 0 amide bonds. The third kappa shape index (κ3) is 4.00. The number of nitrogens with zero attached hydrogens (tertiary/aromatic N) is 3. The molecule has 0 saturated heterocycles. The predicted octanol–water partition coefficient (Wildman–Crippen LogP) is 5.04. The van der Waals surface area contributed by atoms with Gasteiger partial charge in [0.1, 0.15) is 23.5 Å². The van der Waals surface area contributed by atoms with Crippen molar-refractivity contribution in [2.24, 2.45) is 63.5 Å². The summed E-state index contributed by atoms with van der Waals surface area (Å²) in [5.41, 5.74) is 5.55. The minimum Gasteiger partial charge on any atom is -0.390 e. The number of rotatable bonds is 4. The van der Waals surface area contributed by atoms with E-state index >= 15 is 0 Å². The minimum absolute atomic E-state index is 0.00605. The number of hydrogen-bond donors (Lipinski definition) is 1. The first-order chi connectivity index (χ1) is 15.3. The lowest BCUT2D eigenvalue weighted by Gasteiger charge is -2.56. The number of nitriles is 2. The molecule has 9 unspecified atom stereocenters. The highest BCUT2D eigenvalue weighted by molar-refractivity contribution is 6.08. The molecule has 0 radical (unpaired) electrons. The van der Waals surface area contributed by atoms with Gasteiger partial charge in [-0.25, -0.2) is 0 Å². The smallest absolute Gasteiger partial charge is 0.158 e. The zero-order valence-corrected chi connectivity index (χ0v) is 19.9. The quantitative estimate of drug-likeness (QED) is 0.494. The molecular weight excluding hydrogens is 396 g/mol. The summed E-state index contributed by atoms with van der Waals surface area (Å²) < 4.78 is 0. The summed E-state index contributed by atoms with van der Waals surface area (Å²) in [7, 11) is 0. The van der Waals surface area contributed by atoms with Crippen molar-refractivity contribution < 1.29 is 4.79 Å². The summed E-state index contributed by atoms with van der Waals surface area (Å²) in [6, 6.07) is 3.74. The Morgan fingerprint density at radius 2 is 1.81 bits per heavy atom. The molecule has 4 aliphatic rings. The van der Waals surface area contributed by atoms with Crippen LogP contribution in [0.1, 0.15) is 72.1 Å². The molecule has 4 aliphatic carbocycles. The Morgan fingerprint density at radius 1 is 1.06 bits per heavy atom. The van der Waals surface area contributed by atoms with Crippen LogP contribution in [0.25, 0.3) is 0 Å². The molecule has 0 aliphatic heterocycles. The number of carbonyl (C=O) groups is 1. The standard InChI is InChI=1S/C27H38N4O/c1-16-4-6-21-18(10-16)5-7-23-22(21)8-9-27(3)24(23)11-17(2)26(27)25(32)15-31-20(14-29)12-19(30)13-28/h12,16-18,21-24,26H,4-11,15,30H2,1-3H3. The molecule has 5 heteroatoms. The monoisotopic (exact) mass is 434 g/mol. The van der Waals surface area contributed by atoms with Crippen LogP contribution in [-0.4, -0.2) is 18.0 Å². The van der Waals surface area contributed by atoms with E-state index in [1.807, 2.05) is 6.07 Å². The van der Waals surface area contributed by atoms with E-state index < -0.39 is 0 Å². The van der Waals surface area contributed by atoms with Crippen molar-refractivity contribution in [3.63, 3.8) is 0 Å². The highest BCUT2D eigenvalue weighted by Gasteiger charge is 2.60. The maximum absolute atomic E-state index is 13.4. The van der Waals surface area contributed by atoms with Gasteiger partial charge in [0.25, 0.3) is 0 Å². The summed E-state index contributed by atoms with van der Waals surface area (Å²) >= 11 is 0. The topological polar surface area (TPSA) is 103 Å². The lowest BCUT2D eigenvalue weighted by molar-refractivity contribution is -0.130. The van der Waals surface area contributed by atoms with Gasteiger partial charge in [-0.15, -0.1) is 0 Å². The van der Waals surface area contributed by atoms with E-state index in [0.29, 0.717) is 11.8 Å². The molecule has 0 aromatic carbocycles. The Hall–Kier alpha value is -2.14. The van der Waals surface area contributed by atoms with Crippen molar-refractivity contribution in [3.05, 3.63) is 11.8 Å². The molecule has 0 aromatic heterocycles. The van der Waals surface area contributed by atoms with E-state index in [4.69, 9.17) is 11.0 Å². The van der Waals surface area contributed by atoms with Gasteiger partial charge in [0.2, 0.25) is 0 Å². The minimum atomic E-state index is -0.0648. The maximum atomic E-state index is 13.4. The third-order valence-electron chi connectivity index (χ3n) is 9.85. The first-order valence-electron chi connectivity index (χ1n) is 12.6. The van der Waals surface area contributed by atoms with Gasteiger partial charge >= 0.3 is 0 Å². The predicted molar refractivity (Wildman–Crippen MR) is 125 cm³/mol. The number of allylic oxidation sites excluding steroid dienone is 2. The van der Waals surface area contributed by atoms with E-state index in [-0.39, 0.29) is 35.1 Å². The Kier molecular flexibility index (Phi) is 6.49. The number of hydrogen-bond acceptors (Lipinski definition) is 5. The molecule has 5 nitrogen and oxygen atoms in total. The fraction of sp³-hybridized carbons (Fsp3) is 0.778. The van der Waals surface area contributed by atoms with Crippen LogP contribution < -0.4 is 5.73 Å². The Morgan fingerprint density at radius 3 is 2.53 bits per heavy atom. The zero-order chi connectivity index (χ0) is 23.0. The first kappa shape index (κ1) is 23.0. The summed E-state index contributed by atoms with van der Waals surface area (Å²) in [5, 5.41) is 18.1. The second-order valence-electron chi connectivity index (χ2n) is 11.6. The second-order valence-corrected chi connectivity index (χ2v) is 11.6. The summed E-state index contributed by atoms with van der Waals surface area (Å²) in [4.78, 5) is 17.6. The molecule has 4 fully saturated rings. The van der Waals surface area contributed by atoms with Crippen LogP contribution in [0, 0.1) is 75.4 Å². The molecule has 9 atom stereocenters. The van der Waals surface area contributed by atoms with Crippen molar-refractivity contribution in [3.8, 4) is 12.1 Å². The maximum Gasteiger partial charge on any atom is 0.158 e. The van der Waals surface area contributed by atoms with Crippen LogP contribution >= 0.6 is 0 Å². The van der Waals surface area contributed by atoms with Crippen LogP contribution in [0.5, 0.6) is 0 Å². The first-order valence-corrected chi connectivity index (χ1v) is 12.6. The average Bonchev–Trinajstić information content (AvgIpc) is 3.05. The molecule has 0 heterocycles. The van der Waals surface area contributed by atoms with E-state index in [2.05, 4.69) is 25.8 Å². The number of fused-ring (bicyclic) bond motifs is 5. The Bertz CT molecular complexity index is 892. The largest absolute Gasteiger partial charge is 0.390 e. The van der Waals surface area contributed by atoms with E-state index in [9.17, 15) is 10.1 Å². The Labute approximate surface area is 193 Å². The number of Topliss-reactive ketones (excluding diaryl/α,β-unsaturated/α-hetero) is 1. The van der Waals surface area contributed by atoms with Gasteiger partial charge < -0.3 is 5.73 Å². The van der Waals surface area contributed by atoms with E-state index in [0.717, 1.165) is 42.4 Å². The summed E-state index contributed by atoms with van der Waals surface area (Å²) in [5.74, 6) is 5.56. The van der Waals surface area contributed by atoms with Gasteiger partial charge in [0.15, 0.2) is 5.78 Å². The normalized spacial score (nSPS) is 43.9. The van der Waals surface area contributed by atoms with Crippen molar-refractivity contribution in [2.75, 3.05) is 6.54 Å². The van der Waals surface area contributed by atoms with Crippen molar-refractivity contribution in [1.82, 2.24) is 0 Å². The summed E-state index contributed by atoms with van der Waals surface area (Å²) in [6.45, 7) is 7.06. The molecule has 0 aromatic rings. The lowest BCUT2D eigenvalue weighted by atomic mass is 9.49. The van der Waals surface area contributed by atoms with Gasteiger partial charge in [0.05, 0.1) is 6.54 Å². The molecule has 0 spiro atoms. The third-order valence-corrected chi connectivity index (χ3v) is 9.85. The molecule has 4 saturated carbocycles. The number of carbonyl (C=O) groups excluding carboxylic acids is 1. The molecule has 4 rings (SSSR count). The fourth-order valence-corrected chi connectivity index (χ4v) is 8.69. The summed E-state index contributed by atoms with van der Waals surface area (Å²) in [6.07, 6.45) is 11.8. The van der Waals surface area contributed by atoms with Crippen LogP contribution in [0.15, 0.2) is 16.8 Å². The lowest BCUT2D eigenvalue weighted by Crippen LogP contribution is -2.49. The van der Waals surface area contributed by atoms with Crippen LogP contribution in [-0.2, 0) is 4.79 Å². The highest BCUT2D eigenvalue weighted by atomic mass is 16.1. The van der Waals surface area contributed by atoms with Crippen molar-refractivity contribution in [1.29, 1.82) is 10.5 Å². The fourth-order valence-electron chi connectivity index (χ4n) is 8.69. The number of ketones is 1. The van der Waals surface area contributed by atoms with Gasteiger partial charge in [-0.2, -0.15) is 10.5 Å². The SMILES string of the molecule is CC1CCC2C(CCC3C2CCC2(C)C3CC(C)C2C(=O)CN=C(C#N)C=C(N)C#N)C1. The van der Waals surface area contributed by atoms with Crippen molar-refractivity contribution in [2.45, 2.75) is 72.1 Å². The number of aliphatic imine (C=N–C) groups is 1. The van der Waals surface area contributed by atoms with E-state index in [1.165, 1.54) is 44.6 Å². The Balaban J connectivity index is 1.50. The molecule has 0 bridgehead atoms. The highest BCUT2D eigenvalue weighted by Crippen LogP contribution is 2.65. The van der Waals surface area contributed by atoms with Gasteiger partial charge in [-0.1, -0.05) is 27.2 Å². The molecule has 172 valence electrons. The van der Waals surface area contributed by atoms with Gasteiger partial charge in [-0.05, 0) is 91.8 Å². The zero-order valence-electron chi connectivity index (χ0n) is 19.9. The molecule has 32 heavy (non-hydrogen) atoms. The number of nitrogens with two attached hydrogens (primary N) is 1.